The summed E-state index contributed by atoms with van der Waals surface area (Å²) >= 11 is 0. The van der Waals surface area contributed by atoms with Crippen LogP contribution in [0.5, 0.6) is 0 Å². The molecule has 0 saturated heterocycles. The molecule has 0 aliphatic heterocycles. The van der Waals surface area contributed by atoms with Crippen LogP contribution in [-0.4, -0.2) is 35.5 Å². The second-order valence-corrected chi connectivity index (χ2v) is 5.89. The molecule has 124 valence electrons. The van der Waals surface area contributed by atoms with Crippen LogP contribution >= 0.6 is 0 Å². The van der Waals surface area contributed by atoms with Gasteiger partial charge in [0.05, 0.1) is 13.0 Å². The smallest absolute Gasteiger partial charge is 0.310 e. The van der Waals surface area contributed by atoms with Gasteiger partial charge in [-0.15, -0.1) is 0 Å². The van der Waals surface area contributed by atoms with E-state index >= 15 is 0 Å². The fourth-order valence-corrected chi connectivity index (χ4v) is 3.06. The fourth-order valence-electron chi connectivity index (χ4n) is 3.06. The normalized spacial score (nSPS) is 12.5. The summed E-state index contributed by atoms with van der Waals surface area (Å²) in [5, 5.41) is 22.4. The van der Waals surface area contributed by atoms with Crippen LogP contribution in [-0.2, 0) is 16.0 Å². The van der Waals surface area contributed by atoms with Crippen LogP contribution in [0.15, 0.2) is 48.5 Å². The molecule has 0 aromatic heterocycles. The second kappa shape index (κ2) is 6.99. The van der Waals surface area contributed by atoms with Gasteiger partial charge in [0.15, 0.2) is 0 Å². The Kier molecular flexibility index (Phi) is 4.79. The standard InChI is InChI=1S/C20H20O4/c1-13-15-6-2-4-8-17(15)19(18-9-5-3-7-16(13)18)10-20(23)24-12-14(22)11-21/h2-9,14,21-22H,10-12H2,1H3. The molecule has 1 unspecified atom stereocenters. The van der Waals surface area contributed by atoms with E-state index in [0.29, 0.717) is 0 Å². The molecule has 3 aromatic carbocycles. The summed E-state index contributed by atoms with van der Waals surface area (Å²) in [6, 6.07) is 16.0. The molecule has 4 nitrogen and oxygen atoms in total. The first kappa shape index (κ1) is 16.4. The number of esters is 1. The van der Waals surface area contributed by atoms with Gasteiger partial charge < -0.3 is 14.9 Å². The van der Waals surface area contributed by atoms with Gasteiger partial charge in [-0.25, -0.2) is 0 Å². The van der Waals surface area contributed by atoms with Crippen molar-refractivity contribution in [1.82, 2.24) is 0 Å². The van der Waals surface area contributed by atoms with Gasteiger partial charge in [0, 0.05) is 0 Å². The minimum Gasteiger partial charge on any atom is -0.463 e. The lowest BCUT2D eigenvalue weighted by molar-refractivity contribution is -0.146. The Bertz CT molecular complexity index is 828. The van der Waals surface area contributed by atoms with Crippen LogP contribution in [0.1, 0.15) is 11.1 Å². The van der Waals surface area contributed by atoms with Gasteiger partial charge in [-0.05, 0) is 39.6 Å². The van der Waals surface area contributed by atoms with Crippen molar-refractivity contribution in [3.63, 3.8) is 0 Å². The van der Waals surface area contributed by atoms with E-state index in [0.717, 1.165) is 27.1 Å². The summed E-state index contributed by atoms with van der Waals surface area (Å²) in [6.07, 6.45) is -0.917. The van der Waals surface area contributed by atoms with E-state index in [1.165, 1.54) is 5.56 Å². The van der Waals surface area contributed by atoms with Gasteiger partial charge in [-0.3, -0.25) is 4.79 Å². The SMILES string of the molecule is Cc1c2ccccc2c(CC(=O)OCC(O)CO)c2ccccc12. The molecule has 1 atom stereocenters. The lowest BCUT2D eigenvalue weighted by Crippen LogP contribution is -2.22. The zero-order valence-corrected chi connectivity index (χ0v) is 13.5. The molecule has 2 N–H and O–H groups in total. The highest BCUT2D eigenvalue weighted by molar-refractivity contribution is 6.07. The molecule has 0 heterocycles. The van der Waals surface area contributed by atoms with E-state index < -0.39 is 18.7 Å². The average Bonchev–Trinajstić information content (AvgIpc) is 2.63. The topological polar surface area (TPSA) is 66.8 Å². The van der Waals surface area contributed by atoms with Crippen LogP contribution in [0, 0.1) is 6.92 Å². The van der Waals surface area contributed by atoms with Crippen LogP contribution < -0.4 is 0 Å². The van der Waals surface area contributed by atoms with E-state index in [9.17, 15) is 9.90 Å². The highest BCUT2D eigenvalue weighted by Gasteiger charge is 2.15. The molecule has 3 aromatic rings. The van der Waals surface area contributed by atoms with Crippen molar-refractivity contribution >= 4 is 27.5 Å². The van der Waals surface area contributed by atoms with Crippen molar-refractivity contribution < 1.29 is 19.7 Å². The zero-order valence-electron chi connectivity index (χ0n) is 13.5. The van der Waals surface area contributed by atoms with E-state index in [1.807, 2.05) is 36.4 Å². The second-order valence-electron chi connectivity index (χ2n) is 5.89. The van der Waals surface area contributed by atoms with Crippen LogP contribution in [0.4, 0.5) is 0 Å². The number of aliphatic hydroxyl groups excluding tert-OH is 2. The predicted octanol–water partition coefficient (Wildman–Crippen LogP) is 2.74. The summed E-state index contributed by atoms with van der Waals surface area (Å²) < 4.78 is 5.08. The summed E-state index contributed by atoms with van der Waals surface area (Å²) in [5.74, 6) is -0.415. The van der Waals surface area contributed by atoms with Crippen LogP contribution in [0.2, 0.25) is 0 Å². The predicted molar refractivity (Wildman–Crippen MR) is 93.9 cm³/mol. The Hall–Kier alpha value is -2.43. The molecule has 0 aliphatic rings. The van der Waals surface area contributed by atoms with Crippen molar-refractivity contribution in [2.24, 2.45) is 0 Å². The van der Waals surface area contributed by atoms with Crippen molar-refractivity contribution in [3.05, 3.63) is 59.7 Å². The molecular weight excluding hydrogens is 304 g/mol. The Morgan fingerprint density at radius 1 is 1.00 bits per heavy atom. The number of aliphatic hydroxyl groups is 2. The van der Waals surface area contributed by atoms with Crippen molar-refractivity contribution in [2.75, 3.05) is 13.2 Å². The van der Waals surface area contributed by atoms with E-state index in [-0.39, 0.29) is 13.0 Å². The molecule has 0 saturated carbocycles. The Balaban J connectivity index is 2.05. The third-order valence-electron chi connectivity index (χ3n) is 4.28. The number of fused-ring (bicyclic) bond motifs is 2. The summed E-state index contributed by atoms with van der Waals surface area (Å²) in [4.78, 5) is 12.2. The molecule has 24 heavy (non-hydrogen) atoms. The lowest BCUT2D eigenvalue weighted by Gasteiger charge is -2.15. The van der Waals surface area contributed by atoms with Gasteiger partial charge in [0.2, 0.25) is 0 Å². The number of rotatable bonds is 5. The van der Waals surface area contributed by atoms with Gasteiger partial charge in [0.25, 0.3) is 0 Å². The lowest BCUT2D eigenvalue weighted by atomic mass is 9.91. The van der Waals surface area contributed by atoms with Crippen LogP contribution in [0.3, 0.4) is 0 Å². The molecular formula is C20H20O4. The monoisotopic (exact) mass is 324 g/mol. The maximum atomic E-state index is 12.2. The third kappa shape index (κ3) is 3.11. The number of benzene rings is 3. The first-order valence-electron chi connectivity index (χ1n) is 7.95. The van der Waals surface area contributed by atoms with Gasteiger partial charge in [-0.1, -0.05) is 48.5 Å². The number of carbonyl (C=O) groups is 1. The van der Waals surface area contributed by atoms with Crippen LogP contribution in [0.25, 0.3) is 21.5 Å². The highest BCUT2D eigenvalue weighted by Crippen LogP contribution is 2.32. The van der Waals surface area contributed by atoms with Gasteiger partial charge in [-0.2, -0.15) is 0 Å². The summed E-state index contributed by atoms with van der Waals surface area (Å²) in [7, 11) is 0. The van der Waals surface area contributed by atoms with Gasteiger partial charge in [0.1, 0.15) is 12.7 Å². The molecule has 0 aliphatic carbocycles. The molecule has 3 rings (SSSR count). The quantitative estimate of drug-likeness (QED) is 0.559. The first-order chi connectivity index (χ1) is 11.6. The van der Waals surface area contributed by atoms with Crippen molar-refractivity contribution in [1.29, 1.82) is 0 Å². The highest BCUT2D eigenvalue weighted by atomic mass is 16.5. The number of carbonyl (C=O) groups excluding carboxylic acids is 1. The minimum atomic E-state index is -1.04. The third-order valence-corrected chi connectivity index (χ3v) is 4.28. The zero-order chi connectivity index (χ0) is 17.1. The average molecular weight is 324 g/mol. The summed E-state index contributed by atoms with van der Waals surface area (Å²) in [6.45, 7) is 1.46. The van der Waals surface area contributed by atoms with Crippen molar-refractivity contribution in [3.8, 4) is 0 Å². The van der Waals surface area contributed by atoms with E-state index in [2.05, 4.69) is 19.1 Å². The minimum absolute atomic E-state index is 0.124. The Morgan fingerprint density at radius 3 is 2.00 bits per heavy atom. The maximum Gasteiger partial charge on any atom is 0.310 e. The molecule has 0 fully saturated rings. The molecule has 0 spiro atoms. The number of hydrogen-bond donors (Lipinski definition) is 2. The van der Waals surface area contributed by atoms with Crippen molar-refractivity contribution in [2.45, 2.75) is 19.4 Å². The molecule has 0 bridgehead atoms. The number of aryl methyl sites for hydroxylation is 1. The Labute approximate surface area is 140 Å². The molecule has 0 radical (unpaired) electrons. The summed E-state index contributed by atoms with van der Waals surface area (Å²) in [5.41, 5.74) is 2.12. The Morgan fingerprint density at radius 2 is 1.50 bits per heavy atom. The fraction of sp³-hybridized carbons (Fsp3) is 0.250. The number of ether oxygens (including phenoxy) is 1. The maximum absolute atomic E-state index is 12.2. The van der Waals surface area contributed by atoms with Gasteiger partial charge >= 0.3 is 5.97 Å². The first-order valence-corrected chi connectivity index (χ1v) is 7.95. The molecule has 0 amide bonds. The van der Waals surface area contributed by atoms with E-state index in [4.69, 9.17) is 9.84 Å². The van der Waals surface area contributed by atoms with E-state index in [1.54, 1.807) is 0 Å². The number of hydrogen-bond acceptors (Lipinski definition) is 4. The molecule has 4 heteroatoms. The largest absolute Gasteiger partial charge is 0.463 e.